The van der Waals surface area contributed by atoms with Crippen molar-refractivity contribution in [2.75, 3.05) is 6.54 Å². The van der Waals surface area contributed by atoms with Crippen molar-refractivity contribution in [3.8, 4) is 6.07 Å². The molecule has 1 fully saturated rings. The van der Waals surface area contributed by atoms with E-state index in [2.05, 4.69) is 27.2 Å². The van der Waals surface area contributed by atoms with Crippen molar-refractivity contribution >= 4 is 5.91 Å². The zero-order valence-corrected chi connectivity index (χ0v) is 15.3. The Morgan fingerprint density at radius 2 is 2.19 bits per heavy atom. The third kappa shape index (κ3) is 3.49. The lowest BCUT2D eigenvalue weighted by Gasteiger charge is -2.36. The van der Waals surface area contributed by atoms with Crippen LogP contribution in [0.25, 0.3) is 0 Å². The molecule has 0 saturated carbocycles. The normalized spacial score (nSPS) is 18.4. The van der Waals surface area contributed by atoms with Gasteiger partial charge in [0, 0.05) is 6.54 Å². The number of carbonyl (C=O) groups excluding carboxylic acids is 1. The molecule has 2 aromatic rings. The minimum Gasteiger partial charge on any atom is -0.365 e. The number of carbonyl (C=O) groups is 1. The molecule has 6 heteroatoms. The average molecular weight is 351 g/mol. The summed E-state index contributed by atoms with van der Waals surface area (Å²) >= 11 is 0. The second kappa shape index (κ2) is 7.30. The number of primary amides is 1. The van der Waals surface area contributed by atoms with Crippen molar-refractivity contribution in [3.05, 3.63) is 52.8 Å². The maximum Gasteiger partial charge on any atom is 0.252 e. The Morgan fingerprint density at radius 3 is 2.92 bits per heavy atom. The molecule has 1 saturated heterocycles. The zero-order valence-electron chi connectivity index (χ0n) is 15.3. The van der Waals surface area contributed by atoms with Crippen molar-refractivity contribution < 1.29 is 4.79 Å². The quantitative estimate of drug-likeness (QED) is 0.865. The Hall–Kier alpha value is -2.65. The number of nitriles is 1. The van der Waals surface area contributed by atoms with Crippen molar-refractivity contribution in [2.24, 2.45) is 5.73 Å². The highest BCUT2D eigenvalue weighted by Gasteiger charge is 2.30. The summed E-state index contributed by atoms with van der Waals surface area (Å²) in [6.07, 6.45) is 4.67. The smallest absolute Gasteiger partial charge is 0.252 e. The molecular formula is C20H25N5O. The lowest BCUT2D eigenvalue weighted by Crippen LogP contribution is -2.35. The van der Waals surface area contributed by atoms with Crippen molar-refractivity contribution in [1.29, 1.82) is 5.26 Å². The molecule has 3 N–H and O–H groups in total. The lowest BCUT2D eigenvalue weighted by atomic mass is 9.82. The summed E-state index contributed by atoms with van der Waals surface area (Å²) in [7, 11) is 0. The van der Waals surface area contributed by atoms with E-state index < -0.39 is 11.3 Å². The molecule has 0 radical (unpaired) electrons. The van der Waals surface area contributed by atoms with Gasteiger partial charge in [0.1, 0.15) is 0 Å². The zero-order chi connectivity index (χ0) is 18.7. The highest BCUT2D eigenvalue weighted by atomic mass is 16.1. The number of amides is 1. The number of aromatic nitrogens is 2. The van der Waals surface area contributed by atoms with Crippen LogP contribution < -0.4 is 5.73 Å². The van der Waals surface area contributed by atoms with Crippen molar-refractivity contribution in [3.63, 3.8) is 0 Å². The highest BCUT2D eigenvalue weighted by molar-refractivity contribution is 5.93. The first kappa shape index (κ1) is 18.2. The predicted molar refractivity (Wildman–Crippen MR) is 99.2 cm³/mol. The first-order valence-corrected chi connectivity index (χ1v) is 9.01. The van der Waals surface area contributed by atoms with Gasteiger partial charge in [-0.25, -0.2) is 0 Å². The molecule has 3 rings (SSSR count). The number of nitrogens with one attached hydrogen (secondary N) is 1. The Balaban J connectivity index is 1.93. The molecule has 1 aliphatic heterocycles. The minimum atomic E-state index is -0.547. The predicted octanol–water partition coefficient (Wildman–Crippen LogP) is 3.04. The van der Waals surface area contributed by atoms with Gasteiger partial charge in [-0.05, 0) is 44.4 Å². The van der Waals surface area contributed by atoms with Crippen LogP contribution >= 0.6 is 0 Å². The van der Waals surface area contributed by atoms with E-state index in [1.165, 1.54) is 6.20 Å². The Morgan fingerprint density at radius 1 is 1.42 bits per heavy atom. The highest BCUT2D eigenvalue weighted by Crippen LogP contribution is 2.34. The SMILES string of the molecule is CC(C)(C#N)c1ccccc1CN1CCCCC1c1[nH]ncc1C(N)=O. The van der Waals surface area contributed by atoms with Gasteiger partial charge < -0.3 is 5.73 Å². The maximum atomic E-state index is 11.7. The third-order valence-electron chi connectivity index (χ3n) is 5.22. The summed E-state index contributed by atoms with van der Waals surface area (Å²) in [6, 6.07) is 10.6. The Bertz CT molecular complexity index is 833. The first-order valence-electron chi connectivity index (χ1n) is 9.01. The molecule has 1 aromatic carbocycles. The van der Waals surface area contributed by atoms with Gasteiger partial charge in [-0.3, -0.25) is 14.8 Å². The van der Waals surface area contributed by atoms with Gasteiger partial charge in [0.25, 0.3) is 5.91 Å². The molecule has 0 bridgehead atoms. The van der Waals surface area contributed by atoms with Crippen LogP contribution in [0.15, 0.2) is 30.5 Å². The fourth-order valence-corrected chi connectivity index (χ4v) is 3.80. The number of piperidine rings is 1. The van der Waals surface area contributed by atoms with E-state index in [9.17, 15) is 10.1 Å². The maximum absolute atomic E-state index is 11.7. The molecule has 0 spiro atoms. The van der Waals surface area contributed by atoms with Crippen LogP contribution in [-0.2, 0) is 12.0 Å². The molecule has 1 unspecified atom stereocenters. The number of aromatic amines is 1. The molecule has 26 heavy (non-hydrogen) atoms. The number of hydrogen-bond donors (Lipinski definition) is 2. The standard InChI is InChI=1S/C20H25N5O/c1-20(2,13-21)16-8-4-3-7-14(16)12-25-10-6-5-9-17(25)18-15(19(22)26)11-23-24-18/h3-4,7-8,11,17H,5-6,9-10,12H2,1-2H3,(H2,22,26)(H,23,24). The van der Waals surface area contributed by atoms with E-state index >= 15 is 0 Å². The van der Waals surface area contributed by atoms with E-state index in [4.69, 9.17) is 5.73 Å². The topological polar surface area (TPSA) is 98.8 Å². The number of nitrogens with two attached hydrogens (primary N) is 1. The number of hydrogen-bond acceptors (Lipinski definition) is 4. The summed E-state index contributed by atoms with van der Waals surface area (Å²) in [5.41, 5.74) is 8.42. The van der Waals surface area contributed by atoms with Crippen LogP contribution in [0.2, 0.25) is 0 Å². The average Bonchev–Trinajstić information content (AvgIpc) is 3.12. The number of H-pyrrole nitrogens is 1. The van der Waals surface area contributed by atoms with E-state index in [1.807, 2.05) is 32.0 Å². The molecule has 1 amide bonds. The fourth-order valence-electron chi connectivity index (χ4n) is 3.80. The largest absolute Gasteiger partial charge is 0.365 e. The molecule has 6 nitrogen and oxygen atoms in total. The first-order chi connectivity index (χ1) is 12.4. The van der Waals surface area contributed by atoms with Crippen LogP contribution in [0.3, 0.4) is 0 Å². The Labute approximate surface area is 154 Å². The van der Waals surface area contributed by atoms with Gasteiger partial charge in [0.05, 0.1) is 35.0 Å². The molecule has 1 aromatic heterocycles. The second-order valence-corrected chi connectivity index (χ2v) is 7.44. The third-order valence-corrected chi connectivity index (χ3v) is 5.22. The van der Waals surface area contributed by atoms with Gasteiger partial charge >= 0.3 is 0 Å². The fraction of sp³-hybridized carbons (Fsp3) is 0.450. The van der Waals surface area contributed by atoms with Gasteiger partial charge in [-0.2, -0.15) is 10.4 Å². The molecule has 2 heterocycles. The van der Waals surface area contributed by atoms with Gasteiger partial charge in [-0.1, -0.05) is 30.7 Å². The van der Waals surface area contributed by atoms with Crippen LogP contribution in [0.5, 0.6) is 0 Å². The number of nitrogens with zero attached hydrogens (tertiary/aromatic N) is 3. The van der Waals surface area contributed by atoms with Gasteiger partial charge in [0.2, 0.25) is 0 Å². The summed E-state index contributed by atoms with van der Waals surface area (Å²) in [6.45, 7) is 5.55. The summed E-state index contributed by atoms with van der Waals surface area (Å²) in [4.78, 5) is 14.1. The Kier molecular flexibility index (Phi) is 5.10. The summed E-state index contributed by atoms with van der Waals surface area (Å²) < 4.78 is 0. The van der Waals surface area contributed by atoms with Gasteiger partial charge in [0.15, 0.2) is 0 Å². The monoisotopic (exact) mass is 351 g/mol. The van der Waals surface area contributed by atoms with Crippen LogP contribution in [0.4, 0.5) is 0 Å². The van der Waals surface area contributed by atoms with E-state index in [-0.39, 0.29) is 6.04 Å². The van der Waals surface area contributed by atoms with Crippen LogP contribution in [0, 0.1) is 11.3 Å². The van der Waals surface area contributed by atoms with E-state index in [1.54, 1.807) is 0 Å². The molecule has 136 valence electrons. The molecule has 0 aliphatic carbocycles. The van der Waals surface area contributed by atoms with Crippen LogP contribution in [0.1, 0.15) is 66.3 Å². The number of benzene rings is 1. The van der Waals surface area contributed by atoms with E-state index in [0.717, 1.165) is 49.2 Å². The second-order valence-electron chi connectivity index (χ2n) is 7.44. The minimum absolute atomic E-state index is 0.0759. The molecule has 1 aliphatic rings. The molecule has 1 atom stereocenters. The number of rotatable bonds is 5. The van der Waals surface area contributed by atoms with E-state index in [0.29, 0.717) is 5.56 Å². The van der Waals surface area contributed by atoms with Crippen molar-refractivity contribution in [1.82, 2.24) is 15.1 Å². The summed E-state index contributed by atoms with van der Waals surface area (Å²) in [5.74, 6) is -0.453. The summed E-state index contributed by atoms with van der Waals surface area (Å²) in [5, 5.41) is 16.6. The van der Waals surface area contributed by atoms with Gasteiger partial charge in [-0.15, -0.1) is 0 Å². The number of likely N-dealkylation sites (tertiary alicyclic amines) is 1. The molecular weight excluding hydrogens is 326 g/mol. The van der Waals surface area contributed by atoms with Crippen molar-refractivity contribution in [2.45, 2.75) is 51.1 Å². The lowest BCUT2D eigenvalue weighted by molar-refractivity contribution is 0.0989. The van der Waals surface area contributed by atoms with Crippen LogP contribution in [-0.4, -0.2) is 27.5 Å².